The summed E-state index contributed by atoms with van der Waals surface area (Å²) in [4.78, 5) is 21.7. The Morgan fingerprint density at radius 2 is 2.25 bits per heavy atom. The van der Waals surface area contributed by atoms with Gasteiger partial charge in [0.25, 0.3) is 5.91 Å². The molecule has 1 aliphatic rings. The molecule has 0 spiro atoms. The van der Waals surface area contributed by atoms with E-state index in [0.29, 0.717) is 12.8 Å². The Hall–Kier alpha value is -0.420. The van der Waals surface area contributed by atoms with E-state index in [9.17, 15) is 14.7 Å². The van der Waals surface area contributed by atoms with E-state index in [2.05, 4.69) is 21.2 Å². The van der Waals surface area contributed by atoms with Crippen molar-refractivity contribution in [2.24, 2.45) is 0 Å². The highest BCUT2D eigenvalue weighted by Gasteiger charge is 2.44. The largest absolute Gasteiger partial charge is 0.379 e. The molecule has 68 valence electrons. The lowest BCUT2D eigenvalue weighted by Gasteiger charge is -2.16. The van der Waals surface area contributed by atoms with Gasteiger partial charge in [-0.2, -0.15) is 0 Å². The molecule has 2 amide bonds. The van der Waals surface area contributed by atoms with Gasteiger partial charge >= 0.3 is 0 Å². The van der Waals surface area contributed by atoms with Crippen LogP contribution in [0.5, 0.6) is 0 Å². The van der Waals surface area contributed by atoms with E-state index in [-0.39, 0.29) is 6.42 Å². The van der Waals surface area contributed by atoms with Crippen LogP contribution in [0.3, 0.4) is 0 Å². The average molecular weight is 236 g/mol. The quantitative estimate of drug-likeness (QED) is 0.532. The Kier molecular flexibility index (Phi) is 2.85. The molecule has 0 aliphatic carbocycles. The van der Waals surface area contributed by atoms with Gasteiger partial charge in [0, 0.05) is 5.33 Å². The molecule has 5 heteroatoms. The molecule has 2 N–H and O–H groups in total. The highest BCUT2D eigenvalue weighted by Crippen LogP contribution is 2.22. The van der Waals surface area contributed by atoms with Gasteiger partial charge in [-0.15, -0.1) is 0 Å². The average Bonchev–Trinajstić information content (AvgIpc) is 2.23. The van der Waals surface area contributed by atoms with Crippen LogP contribution in [0.15, 0.2) is 0 Å². The second kappa shape index (κ2) is 3.53. The van der Waals surface area contributed by atoms with Crippen LogP contribution in [-0.2, 0) is 9.59 Å². The molecule has 1 heterocycles. The van der Waals surface area contributed by atoms with Gasteiger partial charge in [0.2, 0.25) is 5.91 Å². The smallest absolute Gasteiger partial charge is 0.259 e. The number of aliphatic hydroxyl groups is 1. The number of hydrogen-bond acceptors (Lipinski definition) is 3. The Morgan fingerprint density at radius 1 is 1.58 bits per heavy atom. The standard InChI is InChI=1S/C7H10BrNO3/c8-3-1-2-7(12)4-5(10)9-6(7)11/h12H,1-4H2,(H,9,10,11). The van der Waals surface area contributed by atoms with Gasteiger partial charge in [-0.25, -0.2) is 0 Å². The number of carbonyl (C=O) groups is 2. The fourth-order valence-corrected chi connectivity index (χ4v) is 1.47. The molecule has 0 aromatic rings. The van der Waals surface area contributed by atoms with Crippen molar-refractivity contribution >= 4 is 27.7 Å². The maximum Gasteiger partial charge on any atom is 0.259 e. The first-order chi connectivity index (χ1) is 5.58. The van der Waals surface area contributed by atoms with Crippen LogP contribution in [0.25, 0.3) is 0 Å². The lowest BCUT2D eigenvalue weighted by molar-refractivity contribution is -0.135. The summed E-state index contributed by atoms with van der Waals surface area (Å²) in [6.45, 7) is 0. The van der Waals surface area contributed by atoms with Crippen LogP contribution >= 0.6 is 15.9 Å². The minimum atomic E-state index is -1.45. The summed E-state index contributed by atoms with van der Waals surface area (Å²) in [6, 6.07) is 0. The molecule has 1 unspecified atom stereocenters. The predicted octanol–water partition coefficient (Wildman–Crippen LogP) is -0.0609. The molecule has 4 nitrogen and oxygen atoms in total. The van der Waals surface area contributed by atoms with Crippen molar-refractivity contribution in [1.29, 1.82) is 0 Å². The normalized spacial score (nSPS) is 29.2. The first-order valence-corrected chi connectivity index (χ1v) is 4.83. The van der Waals surface area contributed by atoms with Crippen molar-refractivity contribution in [3.05, 3.63) is 0 Å². The summed E-state index contributed by atoms with van der Waals surface area (Å²) in [6.07, 6.45) is 0.909. The van der Waals surface area contributed by atoms with Crippen LogP contribution < -0.4 is 5.32 Å². The van der Waals surface area contributed by atoms with Gasteiger partial charge in [0.15, 0.2) is 5.60 Å². The molecule has 0 bridgehead atoms. The summed E-state index contributed by atoms with van der Waals surface area (Å²) >= 11 is 3.19. The zero-order chi connectivity index (χ0) is 9.19. The van der Waals surface area contributed by atoms with E-state index in [4.69, 9.17) is 0 Å². The molecule has 1 saturated heterocycles. The second-order valence-corrected chi connectivity index (χ2v) is 3.67. The van der Waals surface area contributed by atoms with E-state index in [1.165, 1.54) is 0 Å². The zero-order valence-corrected chi connectivity index (χ0v) is 8.06. The monoisotopic (exact) mass is 235 g/mol. The van der Waals surface area contributed by atoms with Gasteiger partial charge in [-0.05, 0) is 12.8 Å². The molecule has 1 atom stereocenters. The number of nitrogens with one attached hydrogen (secondary N) is 1. The fraction of sp³-hybridized carbons (Fsp3) is 0.714. The predicted molar refractivity (Wildman–Crippen MR) is 45.7 cm³/mol. The highest BCUT2D eigenvalue weighted by atomic mass is 79.9. The van der Waals surface area contributed by atoms with Crippen LogP contribution in [-0.4, -0.2) is 27.9 Å². The Labute approximate surface area is 78.5 Å². The molecular weight excluding hydrogens is 226 g/mol. The van der Waals surface area contributed by atoms with Crippen LogP contribution in [0.1, 0.15) is 19.3 Å². The fourth-order valence-electron chi connectivity index (χ4n) is 1.19. The van der Waals surface area contributed by atoms with E-state index in [1.807, 2.05) is 0 Å². The van der Waals surface area contributed by atoms with Gasteiger partial charge in [-0.1, -0.05) is 15.9 Å². The number of imide groups is 1. The minimum absolute atomic E-state index is 0.0984. The third kappa shape index (κ3) is 1.84. The number of carbonyl (C=O) groups excluding carboxylic acids is 2. The lowest BCUT2D eigenvalue weighted by Crippen LogP contribution is -2.37. The molecule has 1 fully saturated rings. The number of alkyl halides is 1. The second-order valence-electron chi connectivity index (χ2n) is 2.88. The molecule has 12 heavy (non-hydrogen) atoms. The molecule has 1 rings (SSSR count). The SMILES string of the molecule is O=C1CC(O)(CCCBr)C(=O)N1. The number of rotatable bonds is 3. The van der Waals surface area contributed by atoms with Crippen LogP contribution in [0.4, 0.5) is 0 Å². The van der Waals surface area contributed by atoms with Gasteiger partial charge < -0.3 is 5.11 Å². The van der Waals surface area contributed by atoms with Crippen LogP contribution in [0, 0.1) is 0 Å². The van der Waals surface area contributed by atoms with Crippen molar-refractivity contribution in [1.82, 2.24) is 5.32 Å². The first kappa shape index (κ1) is 9.67. The molecular formula is C7H10BrNO3. The zero-order valence-electron chi connectivity index (χ0n) is 6.47. The number of amides is 2. The molecule has 0 aromatic heterocycles. The molecule has 0 radical (unpaired) electrons. The number of halogens is 1. The Bertz CT molecular complexity index is 219. The maximum atomic E-state index is 11.0. The summed E-state index contributed by atoms with van der Waals surface area (Å²) in [5.41, 5.74) is -1.45. The van der Waals surface area contributed by atoms with Crippen molar-refractivity contribution in [3.63, 3.8) is 0 Å². The molecule has 1 aliphatic heterocycles. The molecule has 0 aromatic carbocycles. The highest BCUT2D eigenvalue weighted by molar-refractivity contribution is 9.09. The lowest BCUT2D eigenvalue weighted by atomic mass is 9.96. The van der Waals surface area contributed by atoms with Crippen molar-refractivity contribution in [3.8, 4) is 0 Å². The maximum absolute atomic E-state index is 11.0. The third-order valence-electron chi connectivity index (χ3n) is 1.85. The number of hydrogen-bond donors (Lipinski definition) is 2. The van der Waals surface area contributed by atoms with E-state index in [0.717, 1.165) is 5.33 Å². The topological polar surface area (TPSA) is 66.4 Å². The van der Waals surface area contributed by atoms with Crippen LogP contribution in [0.2, 0.25) is 0 Å². The molecule has 0 saturated carbocycles. The third-order valence-corrected chi connectivity index (χ3v) is 2.41. The Balaban J connectivity index is 2.58. The summed E-state index contributed by atoms with van der Waals surface area (Å²) in [7, 11) is 0. The summed E-state index contributed by atoms with van der Waals surface area (Å²) < 4.78 is 0. The van der Waals surface area contributed by atoms with E-state index in [1.54, 1.807) is 0 Å². The van der Waals surface area contributed by atoms with Gasteiger partial charge in [-0.3, -0.25) is 14.9 Å². The first-order valence-electron chi connectivity index (χ1n) is 3.71. The van der Waals surface area contributed by atoms with Crippen molar-refractivity contribution < 1.29 is 14.7 Å². The van der Waals surface area contributed by atoms with Gasteiger partial charge in [0.1, 0.15) is 0 Å². The summed E-state index contributed by atoms with van der Waals surface area (Å²) in [5, 5.41) is 12.4. The van der Waals surface area contributed by atoms with Crippen molar-refractivity contribution in [2.45, 2.75) is 24.9 Å². The van der Waals surface area contributed by atoms with E-state index >= 15 is 0 Å². The minimum Gasteiger partial charge on any atom is -0.379 e. The van der Waals surface area contributed by atoms with E-state index < -0.39 is 17.4 Å². The van der Waals surface area contributed by atoms with Crippen molar-refractivity contribution in [2.75, 3.05) is 5.33 Å². The van der Waals surface area contributed by atoms with Gasteiger partial charge in [0.05, 0.1) is 6.42 Å². The summed E-state index contributed by atoms with van der Waals surface area (Å²) in [5.74, 6) is -0.953. The Morgan fingerprint density at radius 3 is 2.67 bits per heavy atom.